The van der Waals surface area contributed by atoms with E-state index in [1.807, 2.05) is 4.68 Å². The normalized spacial score (nSPS) is 17.3. The van der Waals surface area contributed by atoms with E-state index in [0.29, 0.717) is 11.7 Å². The van der Waals surface area contributed by atoms with Gasteiger partial charge >= 0.3 is 0 Å². The van der Waals surface area contributed by atoms with E-state index in [-0.39, 0.29) is 17.2 Å². The van der Waals surface area contributed by atoms with Gasteiger partial charge in [-0.1, -0.05) is 31.1 Å². The molecule has 3 aromatic rings. The molecular weight excluding hydrogens is 333 g/mol. The number of halogens is 1. The van der Waals surface area contributed by atoms with E-state index >= 15 is 0 Å². The van der Waals surface area contributed by atoms with Gasteiger partial charge in [0, 0.05) is 24.4 Å². The summed E-state index contributed by atoms with van der Waals surface area (Å²) in [4.78, 5) is 4.52. The zero-order chi connectivity index (χ0) is 18.3. The summed E-state index contributed by atoms with van der Waals surface area (Å²) < 4.78 is 20.6. The van der Waals surface area contributed by atoms with Gasteiger partial charge < -0.3 is 4.52 Å². The Bertz CT molecular complexity index is 907. The topological polar surface area (TPSA) is 69.6 Å². The van der Waals surface area contributed by atoms with Crippen LogP contribution in [0.25, 0.3) is 11.4 Å². The summed E-state index contributed by atoms with van der Waals surface area (Å²) in [7, 11) is 0. The summed E-state index contributed by atoms with van der Waals surface area (Å²) >= 11 is 0. The molecule has 0 aliphatic heterocycles. The van der Waals surface area contributed by atoms with E-state index < -0.39 is 0 Å². The molecule has 0 bridgehead atoms. The minimum Gasteiger partial charge on any atom is -0.339 e. The van der Waals surface area contributed by atoms with Crippen LogP contribution in [0.3, 0.4) is 0 Å². The highest BCUT2D eigenvalue weighted by Crippen LogP contribution is 2.32. The molecule has 6 nitrogen and oxygen atoms in total. The minimum absolute atomic E-state index is 0.143. The van der Waals surface area contributed by atoms with Gasteiger partial charge in [0.25, 0.3) is 0 Å². The summed E-state index contributed by atoms with van der Waals surface area (Å²) in [5, 5.41) is 12.8. The smallest absolute Gasteiger partial charge is 0.230 e. The molecule has 2 aromatic heterocycles. The molecule has 0 spiro atoms. The second-order valence-electron chi connectivity index (χ2n) is 8.10. The van der Waals surface area contributed by atoms with Gasteiger partial charge in [-0.3, -0.25) is 0 Å². The summed E-state index contributed by atoms with van der Waals surface area (Å²) in [6.45, 7) is 7.45. The van der Waals surface area contributed by atoms with Gasteiger partial charge in [0.2, 0.25) is 11.7 Å². The first kappa shape index (κ1) is 16.9. The Morgan fingerprint density at radius 2 is 2.00 bits per heavy atom. The van der Waals surface area contributed by atoms with Crippen molar-refractivity contribution in [3.63, 3.8) is 0 Å². The number of rotatable bonds is 3. The number of fused-ring (bicyclic) bond motifs is 1. The summed E-state index contributed by atoms with van der Waals surface area (Å²) in [6, 6.07) is 6.10. The fourth-order valence-electron chi connectivity index (χ4n) is 3.35. The van der Waals surface area contributed by atoms with Gasteiger partial charge in [-0.25, -0.2) is 9.07 Å². The van der Waals surface area contributed by atoms with Gasteiger partial charge in [-0.2, -0.15) is 4.98 Å². The second kappa shape index (κ2) is 6.30. The Balaban J connectivity index is 1.52. The molecule has 7 heteroatoms. The minimum atomic E-state index is -0.282. The average Bonchev–Trinajstić information content (AvgIpc) is 3.21. The summed E-state index contributed by atoms with van der Waals surface area (Å²) in [5.41, 5.74) is 3.14. The molecule has 1 aliphatic rings. The van der Waals surface area contributed by atoms with Crippen LogP contribution in [0, 0.1) is 11.2 Å². The first-order valence-electron chi connectivity index (χ1n) is 8.90. The first-order chi connectivity index (χ1) is 12.4. The maximum absolute atomic E-state index is 13.1. The predicted octanol–water partition coefficient (Wildman–Crippen LogP) is 3.79. The third-order valence-corrected chi connectivity index (χ3v) is 4.60. The first-order valence-corrected chi connectivity index (χ1v) is 8.90. The third-order valence-electron chi connectivity index (χ3n) is 4.60. The molecule has 1 unspecified atom stereocenters. The molecular formula is C19H22FN5O. The molecule has 1 aliphatic carbocycles. The molecule has 1 aromatic carbocycles. The third kappa shape index (κ3) is 3.38. The van der Waals surface area contributed by atoms with Crippen LogP contribution in [-0.2, 0) is 19.4 Å². The van der Waals surface area contributed by atoms with Crippen LogP contribution in [0.4, 0.5) is 4.39 Å². The Morgan fingerprint density at radius 1 is 1.23 bits per heavy atom. The Morgan fingerprint density at radius 3 is 2.73 bits per heavy atom. The van der Waals surface area contributed by atoms with Crippen molar-refractivity contribution in [2.24, 2.45) is 5.41 Å². The van der Waals surface area contributed by atoms with Crippen molar-refractivity contribution in [3.05, 3.63) is 47.4 Å². The standard InChI is InChI=1S/C19H22FN5O/c1-19(2,3)11-25-16-9-6-13(10-15(16)22-24-25)18-21-17(23-26-18)12-4-7-14(20)8-5-12/h4-5,7-8,13H,6,9-11H2,1-3H3. The lowest BCUT2D eigenvalue weighted by atomic mass is 9.89. The highest BCUT2D eigenvalue weighted by molar-refractivity contribution is 5.53. The lowest BCUT2D eigenvalue weighted by Gasteiger charge is -2.22. The van der Waals surface area contributed by atoms with Crippen LogP contribution < -0.4 is 0 Å². The Labute approximate surface area is 151 Å². The van der Waals surface area contributed by atoms with Crippen molar-refractivity contribution < 1.29 is 8.91 Å². The lowest BCUT2D eigenvalue weighted by molar-refractivity contribution is 0.310. The summed E-state index contributed by atoms with van der Waals surface area (Å²) in [6.07, 6.45) is 2.58. The maximum Gasteiger partial charge on any atom is 0.230 e. The van der Waals surface area contributed by atoms with Gasteiger partial charge in [0.1, 0.15) is 5.82 Å². The van der Waals surface area contributed by atoms with E-state index in [1.54, 1.807) is 12.1 Å². The molecule has 136 valence electrons. The predicted molar refractivity (Wildman–Crippen MR) is 93.9 cm³/mol. The monoisotopic (exact) mass is 355 g/mol. The fourth-order valence-corrected chi connectivity index (χ4v) is 3.35. The number of aromatic nitrogens is 5. The molecule has 0 fully saturated rings. The SMILES string of the molecule is CC(C)(C)Cn1nnc2c1CCC(c1nc(-c3ccc(F)cc3)no1)C2. The molecule has 4 rings (SSSR count). The molecule has 0 saturated heterocycles. The van der Waals surface area contributed by atoms with Crippen molar-refractivity contribution in [1.29, 1.82) is 0 Å². The quantitative estimate of drug-likeness (QED) is 0.715. The molecule has 1 atom stereocenters. The highest BCUT2D eigenvalue weighted by atomic mass is 19.1. The van der Waals surface area contributed by atoms with E-state index in [2.05, 4.69) is 41.2 Å². The number of hydrogen-bond donors (Lipinski definition) is 0. The fraction of sp³-hybridized carbons (Fsp3) is 0.474. The van der Waals surface area contributed by atoms with Gasteiger partial charge in [-0.05, 0) is 42.5 Å². The Kier molecular flexibility index (Phi) is 4.09. The highest BCUT2D eigenvalue weighted by Gasteiger charge is 2.29. The van der Waals surface area contributed by atoms with Crippen LogP contribution in [0.15, 0.2) is 28.8 Å². The molecule has 0 N–H and O–H groups in total. The van der Waals surface area contributed by atoms with Crippen LogP contribution in [-0.4, -0.2) is 25.1 Å². The van der Waals surface area contributed by atoms with Crippen LogP contribution >= 0.6 is 0 Å². The van der Waals surface area contributed by atoms with Gasteiger partial charge in [-0.15, -0.1) is 5.10 Å². The molecule has 0 amide bonds. The van der Waals surface area contributed by atoms with E-state index in [1.165, 1.54) is 17.8 Å². The zero-order valence-electron chi connectivity index (χ0n) is 15.2. The van der Waals surface area contributed by atoms with Gasteiger partial charge in [0.05, 0.1) is 11.4 Å². The van der Waals surface area contributed by atoms with Crippen LogP contribution in [0.2, 0.25) is 0 Å². The molecule has 2 heterocycles. The van der Waals surface area contributed by atoms with Crippen LogP contribution in [0.5, 0.6) is 0 Å². The van der Waals surface area contributed by atoms with Crippen molar-refractivity contribution in [2.45, 2.75) is 52.5 Å². The van der Waals surface area contributed by atoms with Crippen LogP contribution in [0.1, 0.15) is 50.4 Å². The van der Waals surface area contributed by atoms with E-state index in [4.69, 9.17) is 4.52 Å². The van der Waals surface area contributed by atoms with Crippen molar-refractivity contribution in [3.8, 4) is 11.4 Å². The number of benzene rings is 1. The number of hydrogen-bond acceptors (Lipinski definition) is 5. The van der Waals surface area contributed by atoms with E-state index in [9.17, 15) is 4.39 Å². The van der Waals surface area contributed by atoms with Crippen molar-refractivity contribution in [1.82, 2.24) is 25.1 Å². The molecule has 0 radical (unpaired) electrons. The van der Waals surface area contributed by atoms with Gasteiger partial charge in [0.15, 0.2) is 0 Å². The molecule has 0 saturated carbocycles. The summed E-state index contributed by atoms with van der Waals surface area (Å²) in [5.74, 6) is 0.960. The second-order valence-corrected chi connectivity index (χ2v) is 8.10. The number of nitrogens with zero attached hydrogens (tertiary/aromatic N) is 5. The largest absolute Gasteiger partial charge is 0.339 e. The molecule has 26 heavy (non-hydrogen) atoms. The maximum atomic E-state index is 13.1. The van der Waals surface area contributed by atoms with Crippen molar-refractivity contribution in [2.75, 3.05) is 0 Å². The van der Waals surface area contributed by atoms with E-state index in [0.717, 1.165) is 37.1 Å². The lowest BCUT2D eigenvalue weighted by Crippen LogP contribution is -2.21. The van der Waals surface area contributed by atoms with Crippen molar-refractivity contribution >= 4 is 0 Å². The zero-order valence-corrected chi connectivity index (χ0v) is 15.2. The Hall–Kier alpha value is -2.57. The average molecular weight is 355 g/mol.